The average Bonchev–Trinajstić information content (AvgIpc) is 1.62. The van der Waals surface area contributed by atoms with E-state index in [1.807, 2.05) is 13.8 Å². The predicted molar refractivity (Wildman–Crippen MR) is 42.5 cm³/mol. The number of esters is 1. The third-order valence-electron chi connectivity index (χ3n) is 0.249. The molecule has 0 saturated heterocycles. The second-order valence-corrected chi connectivity index (χ2v) is 1.98. The second kappa shape index (κ2) is 7.95. The Kier molecular flexibility index (Phi) is 9.31. The van der Waals surface area contributed by atoms with Gasteiger partial charge >= 0.3 is 5.97 Å². The van der Waals surface area contributed by atoms with Gasteiger partial charge in [-0.25, -0.2) is 0 Å². The zero-order valence-corrected chi connectivity index (χ0v) is 6.81. The van der Waals surface area contributed by atoms with Crippen LogP contribution < -0.4 is 0 Å². The molecule has 0 aromatic carbocycles. The molecule has 0 spiro atoms. The Hall–Kier alpha value is -1.05. The lowest BCUT2D eigenvalue weighted by molar-refractivity contribution is -0.135. The van der Waals surface area contributed by atoms with Crippen molar-refractivity contribution in [2.24, 2.45) is 0 Å². The minimum absolute atomic E-state index is 0.329. The highest BCUT2D eigenvalue weighted by molar-refractivity contribution is 5.66. The molecule has 0 aromatic heterocycles. The predicted octanol–water partition coefficient (Wildman–Crippen LogP) is 2.28. The van der Waals surface area contributed by atoms with Crippen molar-refractivity contribution in [1.82, 2.24) is 0 Å². The van der Waals surface area contributed by atoms with Crippen LogP contribution in [0.1, 0.15) is 20.8 Å². The summed E-state index contributed by atoms with van der Waals surface area (Å²) in [4.78, 5) is 9.75. The molecule has 58 valence electrons. The van der Waals surface area contributed by atoms with E-state index in [1.54, 1.807) is 0 Å². The molecule has 10 heavy (non-hydrogen) atoms. The summed E-state index contributed by atoms with van der Waals surface area (Å²) < 4.78 is 4.17. The van der Waals surface area contributed by atoms with Crippen molar-refractivity contribution < 1.29 is 9.53 Å². The topological polar surface area (TPSA) is 26.3 Å². The molecule has 0 aliphatic carbocycles. The van der Waals surface area contributed by atoms with Crippen molar-refractivity contribution in [3.05, 3.63) is 25.0 Å². The van der Waals surface area contributed by atoms with Crippen LogP contribution in [-0.2, 0) is 9.53 Å². The molecule has 2 heteroatoms. The summed E-state index contributed by atoms with van der Waals surface area (Å²) in [6.45, 7) is 12.0. The number of rotatable bonds is 1. The number of carbonyl (C=O) groups excluding carboxylic acids is 1. The first kappa shape index (κ1) is 11.7. The molecular formula is C8H14O2. The SMILES string of the molecule is C=C(C)C.C=COC(C)=O. The number of carbonyl (C=O) groups is 1. The van der Waals surface area contributed by atoms with E-state index in [1.165, 1.54) is 12.5 Å². The van der Waals surface area contributed by atoms with Crippen LogP contribution in [0.15, 0.2) is 25.0 Å². The van der Waals surface area contributed by atoms with Gasteiger partial charge in [0.25, 0.3) is 0 Å². The van der Waals surface area contributed by atoms with Gasteiger partial charge in [-0.1, -0.05) is 12.2 Å². The molecule has 0 aliphatic rings. The van der Waals surface area contributed by atoms with Crippen LogP contribution in [0, 0.1) is 0 Å². The highest BCUT2D eigenvalue weighted by atomic mass is 16.5. The third kappa shape index (κ3) is 64.7. The summed E-state index contributed by atoms with van der Waals surface area (Å²) in [5, 5.41) is 0. The minimum Gasteiger partial charge on any atom is -0.435 e. The van der Waals surface area contributed by atoms with Crippen molar-refractivity contribution in [2.75, 3.05) is 0 Å². The summed E-state index contributed by atoms with van der Waals surface area (Å²) >= 11 is 0. The van der Waals surface area contributed by atoms with Crippen LogP contribution in [-0.4, -0.2) is 5.97 Å². The lowest BCUT2D eigenvalue weighted by Crippen LogP contribution is -1.87. The zero-order chi connectivity index (χ0) is 8.57. The highest BCUT2D eigenvalue weighted by Crippen LogP contribution is 1.73. The summed E-state index contributed by atoms with van der Waals surface area (Å²) in [6, 6.07) is 0. The largest absolute Gasteiger partial charge is 0.435 e. The maximum Gasteiger partial charge on any atom is 0.307 e. The van der Waals surface area contributed by atoms with Gasteiger partial charge in [-0.2, -0.15) is 0 Å². The fraction of sp³-hybridized carbons (Fsp3) is 0.375. The van der Waals surface area contributed by atoms with Crippen LogP contribution >= 0.6 is 0 Å². The van der Waals surface area contributed by atoms with Crippen molar-refractivity contribution in [3.8, 4) is 0 Å². The Bertz CT molecular complexity index is 121. The third-order valence-corrected chi connectivity index (χ3v) is 0.249. The van der Waals surface area contributed by atoms with E-state index in [2.05, 4.69) is 17.9 Å². The number of ether oxygens (including phenoxy) is 1. The van der Waals surface area contributed by atoms with Gasteiger partial charge in [-0.3, -0.25) is 4.79 Å². The zero-order valence-electron chi connectivity index (χ0n) is 6.81. The quantitative estimate of drug-likeness (QED) is 0.319. The van der Waals surface area contributed by atoms with Crippen LogP contribution in [0.2, 0.25) is 0 Å². The van der Waals surface area contributed by atoms with E-state index < -0.39 is 0 Å². The van der Waals surface area contributed by atoms with Gasteiger partial charge in [-0.05, 0) is 13.8 Å². The Balaban J connectivity index is 0. The molecular weight excluding hydrogens is 128 g/mol. The van der Waals surface area contributed by atoms with Crippen LogP contribution in [0.25, 0.3) is 0 Å². The van der Waals surface area contributed by atoms with E-state index in [0.29, 0.717) is 0 Å². The Morgan fingerprint density at radius 2 is 1.70 bits per heavy atom. The molecule has 0 amide bonds. The van der Waals surface area contributed by atoms with Crippen LogP contribution in [0.4, 0.5) is 0 Å². The Morgan fingerprint density at radius 1 is 1.40 bits per heavy atom. The first-order valence-electron chi connectivity index (χ1n) is 2.91. The van der Waals surface area contributed by atoms with Gasteiger partial charge in [0.15, 0.2) is 0 Å². The normalized spacial score (nSPS) is 6.70. The minimum atomic E-state index is -0.329. The smallest absolute Gasteiger partial charge is 0.307 e. The van der Waals surface area contributed by atoms with Gasteiger partial charge < -0.3 is 4.74 Å². The molecule has 2 nitrogen and oxygen atoms in total. The first-order valence-corrected chi connectivity index (χ1v) is 2.91. The molecule has 0 saturated carbocycles. The van der Waals surface area contributed by atoms with Crippen LogP contribution in [0.5, 0.6) is 0 Å². The molecule has 0 fully saturated rings. The summed E-state index contributed by atoms with van der Waals surface area (Å²) in [6.07, 6.45) is 1.10. The van der Waals surface area contributed by atoms with Gasteiger partial charge in [0.2, 0.25) is 0 Å². The van der Waals surface area contributed by atoms with E-state index in [-0.39, 0.29) is 5.97 Å². The van der Waals surface area contributed by atoms with Gasteiger partial charge in [0, 0.05) is 6.92 Å². The number of allylic oxidation sites excluding steroid dienone is 1. The van der Waals surface area contributed by atoms with E-state index in [0.717, 1.165) is 6.26 Å². The fourth-order valence-electron chi connectivity index (χ4n) is 0.117. The molecule has 0 aliphatic heterocycles. The maximum absolute atomic E-state index is 9.75. The number of hydrogen-bond acceptors (Lipinski definition) is 2. The van der Waals surface area contributed by atoms with Crippen molar-refractivity contribution in [1.29, 1.82) is 0 Å². The molecule has 0 heterocycles. The Labute approximate surface area is 62.2 Å². The fourth-order valence-corrected chi connectivity index (χ4v) is 0.117. The monoisotopic (exact) mass is 142 g/mol. The molecule has 0 aromatic rings. The second-order valence-electron chi connectivity index (χ2n) is 1.98. The van der Waals surface area contributed by atoms with Gasteiger partial charge in [-0.15, -0.1) is 6.58 Å². The highest BCUT2D eigenvalue weighted by Gasteiger charge is 1.79. The maximum atomic E-state index is 9.75. The molecule has 0 atom stereocenters. The summed E-state index contributed by atoms with van der Waals surface area (Å²) in [5.74, 6) is -0.329. The van der Waals surface area contributed by atoms with E-state index in [9.17, 15) is 4.79 Å². The lowest BCUT2D eigenvalue weighted by atomic mass is 10.4. The number of hydrogen-bond donors (Lipinski definition) is 0. The molecule has 0 rings (SSSR count). The van der Waals surface area contributed by atoms with Gasteiger partial charge in [0.05, 0.1) is 6.26 Å². The summed E-state index contributed by atoms with van der Waals surface area (Å²) in [7, 11) is 0. The van der Waals surface area contributed by atoms with E-state index >= 15 is 0 Å². The van der Waals surface area contributed by atoms with Crippen molar-refractivity contribution in [2.45, 2.75) is 20.8 Å². The van der Waals surface area contributed by atoms with Crippen molar-refractivity contribution in [3.63, 3.8) is 0 Å². The standard InChI is InChI=1S/C4H6O2.C4H8/c1-3-6-4(2)5;1-4(2)3/h3H,1H2,2H3;1H2,2-3H3. The first-order chi connectivity index (χ1) is 4.50. The van der Waals surface area contributed by atoms with Gasteiger partial charge in [0.1, 0.15) is 0 Å². The molecule has 0 radical (unpaired) electrons. The average molecular weight is 142 g/mol. The Morgan fingerprint density at radius 3 is 1.70 bits per heavy atom. The van der Waals surface area contributed by atoms with E-state index in [4.69, 9.17) is 0 Å². The van der Waals surface area contributed by atoms with Crippen molar-refractivity contribution >= 4 is 5.97 Å². The lowest BCUT2D eigenvalue weighted by Gasteiger charge is -1.83. The molecule has 0 bridgehead atoms. The summed E-state index contributed by atoms with van der Waals surface area (Å²) in [5.41, 5.74) is 1.17. The van der Waals surface area contributed by atoms with Crippen LogP contribution in [0.3, 0.4) is 0 Å². The molecule has 0 N–H and O–H groups in total. The molecule has 0 unspecified atom stereocenters.